The van der Waals surface area contributed by atoms with E-state index in [2.05, 4.69) is 15.6 Å². The molecule has 1 amide bonds. The summed E-state index contributed by atoms with van der Waals surface area (Å²) >= 11 is 0. The summed E-state index contributed by atoms with van der Waals surface area (Å²) in [4.78, 5) is 35.2. The van der Waals surface area contributed by atoms with Crippen LogP contribution in [-0.2, 0) is 16.1 Å². The van der Waals surface area contributed by atoms with E-state index in [1.165, 1.54) is 4.68 Å². The zero-order valence-electron chi connectivity index (χ0n) is 14.4. The van der Waals surface area contributed by atoms with Crippen molar-refractivity contribution in [3.05, 3.63) is 34.6 Å². The third-order valence-electron chi connectivity index (χ3n) is 4.95. The number of hydrogen-bond acceptors (Lipinski definition) is 6. The first kappa shape index (κ1) is 18.0. The van der Waals surface area contributed by atoms with E-state index in [1.54, 1.807) is 24.3 Å². The van der Waals surface area contributed by atoms with Crippen molar-refractivity contribution < 1.29 is 14.7 Å². The number of carbonyl (C=O) groups excluding carboxylic acids is 2. The number of aromatic nitrogens is 3. The van der Waals surface area contributed by atoms with Crippen LogP contribution in [0, 0.1) is 11.8 Å². The molecule has 1 heterocycles. The number of fused-ring (bicyclic) bond motifs is 1. The number of aliphatic carboxylic acids is 1. The van der Waals surface area contributed by atoms with Crippen LogP contribution < -0.4 is 16.0 Å². The van der Waals surface area contributed by atoms with Crippen LogP contribution in [0.5, 0.6) is 0 Å². The maximum absolute atomic E-state index is 12.3. The van der Waals surface area contributed by atoms with Crippen molar-refractivity contribution in [2.45, 2.75) is 38.6 Å². The number of carboxylic acids is 1. The molecular formula is C18H21N4O4-. The molecule has 0 saturated heterocycles. The van der Waals surface area contributed by atoms with E-state index < -0.39 is 5.97 Å². The van der Waals surface area contributed by atoms with Gasteiger partial charge in [0.25, 0.3) is 5.56 Å². The van der Waals surface area contributed by atoms with Crippen molar-refractivity contribution in [2.24, 2.45) is 11.8 Å². The highest BCUT2D eigenvalue weighted by atomic mass is 16.4. The Morgan fingerprint density at radius 2 is 1.92 bits per heavy atom. The molecular weight excluding hydrogens is 336 g/mol. The molecule has 138 valence electrons. The Balaban J connectivity index is 1.47. The van der Waals surface area contributed by atoms with Gasteiger partial charge in [-0.15, -0.1) is 5.10 Å². The smallest absolute Gasteiger partial charge is 0.277 e. The summed E-state index contributed by atoms with van der Waals surface area (Å²) in [6, 6.07) is 6.95. The lowest BCUT2D eigenvalue weighted by Crippen LogP contribution is -2.37. The van der Waals surface area contributed by atoms with Gasteiger partial charge in [0.1, 0.15) is 5.52 Å². The Morgan fingerprint density at radius 3 is 2.65 bits per heavy atom. The highest BCUT2D eigenvalue weighted by molar-refractivity contribution is 5.77. The molecule has 3 rings (SSSR count). The Morgan fingerprint density at radius 1 is 1.19 bits per heavy atom. The van der Waals surface area contributed by atoms with Gasteiger partial charge in [-0.05, 0) is 49.7 Å². The van der Waals surface area contributed by atoms with Crippen molar-refractivity contribution >= 4 is 22.8 Å². The van der Waals surface area contributed by atoms with E-state index in [0.717, 1.165) is 12.8 Å². The number of carbonyl (C=O) groups is 2. The molecule has 8 heteroatoms. The van der Waals surface area contributed by atoms with E-state index in [9.17, 15) is 19.5 Å². The number of nitrogens with one attached hydrogen (secondary N) is 1. The summed E-state index contributed by atoms with van der Waals surface area (Å²) in [6.45, 7) is 0.691. The molecule has 1 aliphatic carbocycles. The van der Waals surface area contributed by atoms with Crippen LogP contribution in [0.4, 0.5) is 0 Å². The van der Waals surface area contributed by atoms with Crippen molar-refractivity contribution in [1.29, 1.82) is 0 Å². The minimum Gasteiger partial charge on any atom is -0.550 e. The van der Waals surface area contributed by atoms with Crippen LogP contribution in [0.2, 0.25) is 0 Å². The second kappa shape index (κ2) is 8.07. The number of benzene rings is 1. The molecule has 0 atom stereocenters. The predicted molar refractivity (Wildman–Crippen MR) is 91.9 cm³/mol. The van der Waals surface area contributed by atoms with Gasteiger partial charge in [0.2, 0.25) is 5.91 Å². The normalized spacial score (nSPS) is 20.0. The lowest BCUT2D eigenvalue weighted by atomic mass is 9.82. The summed E-state index contributed by atoms with van der Waals surface area (Å²) in [6.07, 6.45) is 2.89. The largest absolute Gasteiger partial charge is 0.550 e. The van der Waals surface area contributed by atoms with Crippen LogP contribution in [-0.4, -0.2) is 33.4 Å². The number of nitrogens with zero attached hydrogens (tertiary/aromatic N) is 3. The van der Waals surface area contributed by atoms with Gasteiger partial charge >= 0.3 is 0 Å². The molecule has 0 unspecified atom stereocenters. The summed E-state index contributed by atoms with van der Waals surface area (Å²) in [5.74, 6) is -1.21. The molecule has 0 aliphatic heterocycles. The van der Waals surface area contributed by atoms with Gasteiger partial charge in [-0.2, -0.15) is 0 Å². The number of aryl methyl sites for hydroxylation is 1. The van der Waals surface area contributed by atoms with E-state index in [4.69, 9.17) is 0 Å². The predicted octanol–water partition coefficient (Wildman–Crippen LogP) is -0.146. The number of hydrogen-bond donors (Lipinski definition) is 1. The van der Waals surface area contributed by atoms with Gasteiger partial charge < -0.3 is 15.2 Å². The Labute approximate surface area is 150 Å². The number of amides is 1. The average Bonchev–Trinajstić information content (AvgIpc) is 2.66. The molecule has 0 radical (unpaired) electrons. The van der Waals surface area contributed by atoms with Crippen LogP contribution in [0.15, 0.2) is 29.1 Å². The molecule has 1 aromatic carbocycles. The van der Waals surface area contributed by atoms with Gasteiger partial charge in [-0.25, -0.2) is 4.68 Å². The van der Waals surface area contributed by atoms with Gasteiger partial charge in [0.05, 0.1) is 11.9 Å². The fraction of sp³-hybridized carbons (Fsp3) is 0.500. The molecule has 2 aromatic rings. The fourth-order valence-corrected chi connectivity index (χ4v) is 3.33. The topological polar surface area (TPSA) is 117 Å². The molecule has 8 nitrogen and oxygen atoms in total. The Kier molecular flexibility index (Phi) is 5.60. The third kappa shape index (κ3) is 4.25. The monoisotopic (exact) mass is 357 g/mol. The first-order valence-electron chi connectivity index (χ1n) is 8.84. The first-order valence-corrected chi connectivity index (χ1v) is 8.84. The van der Waals surface area contributed by atoms with Gasteiger partial charge in [0.15, 0.2) is 0 Å². The van der Waals surface area contributed by atoms with E-state index in [1.807, 2.05) is 0 Å². The highest BCUT2D eigenvalue weighted by Crippen LogP contribution is 2.27. The molecule has 1 aromatic heterocycles. The van der Waals surface area contributed by atoms with E-state index >= 15 is 0 Å². The maximum atomic E-state index is 12.3. The SMILES string of the molecule is O=C(CCn1nnc2ccccc2c1=O)NCC1CCC(C(=O)[O-])CC1. The Bertz CT molecular complexity index is 856. The number of rotatable bonds is 6. The zero-order chi connectivity index (χ0) is 18.5. The molecule has 0 spiro atoms. The second-order valence-electron chi connectivity index (χ2n) is 6.73. The molecule has 1 N–H and O–H groups in total. The minimum absolute atomic E-state index is 0.140. The summed E-state index contributed by atoms with van der Waals surface area (Å²) in [5, 5.41) is 22.0. The van der Waals surface area contributed by atoms with Crippen LogP contribution in [0.25, 0.3) is 10.9 Å². The minimum atomic E-state index is -0.977. The highest BCUT2D eigenvalue weighted by Gasteiger charge is 2.22. The van der Waals surface area contributed by atoms with Crippen LogP contribution in [0.1, 0.15) is 32.1 Å². The van der Waals surface area contributed by atoms with Gasteiger partial charge in [0, 0.05) is 18.9 Å². The zero-order valence-corrected chi connectivity index (χ0v) is 14.4. The van der Waals surface area contributed by atoms with Crippen LogP contribution in [0.3, 0.4) is 0 Å². The standard InChI is InChI=1S/C18H22N4O4/c23-16(19-11-12-5-7-13(8-6-12)18(25)26)9-10-22-17(24)14-3-1-2-4-15(14)20-21-22/h1-4,12-13H,5-11H2,(H,19,23)(H,25,26)/p-1. The summed E-state index contributed by atoms with van der Waals surface area (Å²) in [5.41, 5.74) is 0.273. The lowest BCUT2D eigenvalue weighted by molar-refractivity contribution is -0.312. The van der Waals surface area contributed by atoms with Crippen molar-refractivity contribution in [3.63, 3.8) is 0 Å². The second-order valence-corrected chi connectivity index (χ2v) is 6.73. The van der Waals surface area contributed by atoms with E-state index in [0.29, 0.717) is 30.3 Å². The number of carboxylic acid groups (broad SMARTS) is 1. The maximum Gasteiger partial charge on any atom is 0.277 e. The van der Waals surface area contributed by atoms with Gasteiger partial charge in [-0.3, -0.25) is 9.59 Å². The summed E-state index contributed by atoms with van der Waals surface area (Å²) < 4.78 is 1.20. The molecule has 1 aliphatic rings. The van der Waals surface area contributed by atoms with Crippen molar-refractivity contribution in [2.75, 3.05) is 6.54 Å². The fourth-order valence-electron chi connectivity index (χ4n) is 3.33. The quantitative estimate of drug-likeness (QED) is 0.769. The average molecular weight is 357 g/mol. The van der Waals surface area contributed by atoms with Crippen molar-refractivity contribution in [1.82, 2.24) is 20.3 Å². The van der Waals surface area contributed by atoms with Crippen LogP contribution >= 0.6 is 0 Å². The first-order chi connectivity index (χ1) is 12.5. The van der Waals surface area contributed by atoms with E-state index in [-0.39, 0.29) is 36.3 Å². The molecule has 1 fully saturated rings. The summed E-state index contributed by atoms with van der Waals surface area (Å²) in [7, 11) is 0. The lowest BCUT2D eigenvalue weighted by Gasteiger charge is -2.29. The molecule has 1 saturated carbocycles. The molecule has 26 heavy (non-hydrogen) atoms. The van der Waals surface area contributed by atoms with Gasteiger partial charge in [-0.1, -0.05) is 17.3 Å². The molecule has 0 bridgehead atoms. The van der Waals surface area contributed by atoms with Crippen molar-refractivity contribution in [3.8, 4) is 0 Å². The third-order valence-corrected chi connectivity index (χ3v) is 4.95. The Hall–Kier alpha value is -2.77.